The van der Waals surface area contributed by atoms with Crippen LogP contribution in [0.2, 0.25) is 0 Å². The quantitative estimate of drug-likeness (QED) is 0.0479. The van der Waals surface area contributed by atoms with E-state index in [1.54, 1.807) is 4.90 Å². The molecule has 1 fully saturated rings. The third kappa shape index (κ3) is 22.8. The van der Waals surface area contributed by atoms with E-state index in [0.29, 0.717) is 5.56 Å². The predicted octanol–water partition coefficient (Wildman–Crippen LogP) is -2.43. The standard InChI is InChI=1S/C34H56N6O23P4/c41-26(13-32(64(52,53)54)65(55,56)57)35-15-23(16-36-27(42)14-33(66(58,59)60)67(61,62)63)34(51)37-24-3-1-21(2-4-24)11-25-17-39(19-30(47)48)8-6-22(12-28(43)44)5-7-38(18-29(45)46)9-10-40(25)20-31(49)50/h1-4,22-23,25,32-33H,5-20H2,(H,35,41)(H,36,42)(H,37,51)(H,43,44)(H,45,46)(H,47,48)(H,49,50)(H2,52,53,54)(H2,55,56,57)(H2,58,59,60)(H2,61,62,63). The molecule has 0 radical (unpaired) electrons. The van der Waals surface area contributed by atoms with Gasteiger partial charge in [-0.15, -0.1) is 0 Å². The third-order valence-electron chi connectivity index (χ3n) is 10.4. The van der Waals surface area contributed by atoms with Crippen molar-refractivity contribution in [3.8, 4) is 0 Å². The predicted molar refractivity (Wildman–Crippen MR) is 229 cm³/mol. The molecular formula is C34H56N6O23P4. The highest BCUT2D eigenvalue weighted by Crippen LogP contribution is 2.62. The Morgan fingerprint density at radius 2 is 1.01 bits per heavy atom. The van der Waals surface area contributed by atoms with Gasteiger partial charge in [0.1, 0.15) is 0 Å². The molecule has 2 rings (SSSR count). The van der Waals surface area contributed by atoms with E-state index < -0.39 is 146 Å². The van der Waals surface area contributed by atoms with Crippen molar-refractivity contribution in [2.45, 2.75) is 55.4 Å². The Labute approximate surface area is 381 Å². The molecule has 1 aromatic rings. The lowest BCUT2D eigenvalue weighted by Gasteiger charge is -2.37. The maximum Gasteiger partial charge on any atom is 0.341 e. The maximum atomic E-state index is 13.5. The van der Waals surface area contributed by atoms with E-state index in [1.807, 2.05) is 10.6 Å². The molecule has 1 aliphatic rings. The number of nitrogens with one attached hydrogen (secondary N) is 3. The van der Waals surface area contributed by atoms with Gasteiger partial charge >= 0.3 is 54.3 Å². The number of hydrogen-bond donors (Lipinski definition) is 15. The van der Waals surface area contributed by atoms with Crippen molar-refractivity contribution in [3.63, 3.8) is 0 Å². The Bertz CT molecular complexity index is 2000. The van der Waals surface area contributed by atoms with Crippen LogP contribution < -0.4 is 16.0 Å². The molecule has 0 aliphatic carbocycles. The Morgan fingerprint density at radius 3 is 1.43 bits per heavy atom. The fraction of sp³-hybridized carbons (Fsp3) is 0.618. The van der Waals surface area contributed by atoms with Crippen molar-refractivity contribution in [1.82, 2.24) is 25.3 Å². The first-order valence-electron chi connectivity index (χ1n) is 19.9. The fourth-order valence-electron chi connectivity index (χ4n) is 6.97. The van der Waals surface area contributed by atoms with Gasteiger partial charge < -0.3 is 75.5 Å². The molecule has 0 aromatic heterocycles. The zero-order chi connectivity index (χ0) is 51.1. The lowest BCUT2D eigenvalue weighted by Crippen LogP contribution is -2.51. The summed E-state index contributed by atoms with van der Waals surface area (Å²) in [4.78, 5) is 166. The molecule has 380 valence electrons. The summed E-state index contributed by atoms with van der Waals surface area (Å²) in [5, 5.41) is 39.6. The van der Waals surface area contributed by atoms with Crippen molar-refractivity contribution < 1.29 is 111 Å². The van der Waals surface area contributed by atoms with Gasteiger partial charge in [0.25, 0.3) is 0 Å². The Kier molecular flexibility index (Phi) is 23.0. The van der Waals surface area contributed by atoms with Gasteiger partial charge in [-0.2, -0.15) is 0 Å². The molecule has 0 saturated carbocycles. The minimum absolute atomic E-state index is 0.00405. The van der Waals surface area contributed by atoms with E-state index in [2.05, 4.69) is 5.32 Å². The first-order chi connectivity index (χ1) is 30.7. The van der Waals surface area contributed by atoms with Crippen LogP contribution in [0.15, 0.2) is 24.3 Å². The van der Waals surface area contributed by atoms with Crippen LogP contribution in [0.25, 0.3) is 0 Å². The topological polar surface area (TPSA) is 476 Å². The van der Waals surface area contributed by atoms with Crippen LogP contribution >= 0.6 is 30.4 Å². The molecule has 1 saturated heterocycles. The van der Waals surface area contributed by atoms with Crippen molar-refractivity contribution in [3.05, 3.63) is 29.8 Å². The zero-order valence-corrected chi connectivity index (χ0v) is 39.1. The van der Waals surface area contributed by atoms with Gasteiger partial charge in [0.15, 0.2) is 10.8 Å². The van der Waals surface area contributed by atoms with Crippen molar-refractivity contribution in [1.29, 1.82) is 0 Å². The van der Waals surface area contributed by atoms with E-state index in [9.17, 15) is 111 Å². The summed E-state index contributed by atoms with van der Waals surface area (Å²) in [6.07, 6.45) is -2.60. The third-order valence-corrected chi connectivity index (χ3v) is 17.8. The van der Waals surface area contributed by atoms with Gasteiger partial charge in [0, 0.05) is 50.9 Å². The Morgan fingerprint density at radius 1 is 0.582 bits per heavy atom. The normalized spacial score (nSPS) is 17.9. The average Bonchev–Trinajstić information content (AvgIpc) is 3.15. The Balaban J connectivity index is 2.44. The van der Waals surface area contributed by atoms with Crippen LogP contribution in [0.1, 0.15) is 37.7 Å². The number of aliphatic carboxylic acids is 4. The molecule has 33 heteroatoms. The van der Waals surface area contributed by atoms with E-state index in [0.717, 1.165) is 0 Å². The lowest BCUT2D eigenvalue weighted by atomic mass is 9.96. The summed E-state index contributed by atoms with van der Waals surface area (Å²) < 4.78 is 46.8. The molecule has 2 atom stereocenters. The molecule has 15 N–H and O–H groups in total. The van der Waals surface area contributed by atoms with Crippen molar-refractivity contribution >= 4 is 77.7 Å². The summed E-state index contributed by atoms with van der Waals surface area (Å²) >= 11 is 0. The van der Waals surface area contributed by atoms with E-state index in [-0.39, 0.29) is 64.1 Å². The molecule has 67 heavy (non-hydrogen) atoms. The fourth-order valence-corrected chi connectivity index (χ4v) is 11.7. The van der Waals surface area contributed by atoms with Crippen LogP contribution in [0, 0.1) is 11.8 Å². The summed E-state index contributed by atoms with van der Waals surface area (Å²) in [6, 6.07) is 4.93. The highest BCUT2D eigenvalue weighted by atomic mass is 31.2. The largest absolute Gasteiger partial charge is 0.481 e. The first kappa shape index (κ1) is 59.1. The van der Waals surface area contributed by atoms with Crippen LogP contribution in [-0.2, 0) is 58.2 Å². The van der Waals surface area contributed by atoms with Crippen molar-refractivity contribution in [2.75, 3.05) is 70.8 Å². The van der Waals surface area contributed by atoms with Crippen LogP contribution in [0.5, 0.6) is 0 Å². The smallest absolute Gasteiger partial charge is 0.341 e. The lowest BCUT2D eigenvalue weighted by molar-refractivity contribution is -0.141. The second-order valence-corrected chi connectivity index (χ2v) is 23.8. The summed E-state index contributed by atoms with van der Waals surface area (Å²) in [6.45, 7) is -2.86. The maximum absolute atomic E-state index is 13.5. The number of hydrogen-bond acceptors (Lipinski definition) is 14. The van der Waals surface area contributed by atoms with E-state index in [4.69, 9.17) is 0 Å². The second-order valence-electron chi connectivity index (χ2n) is 15.8. The minimum Gasteiger partial charge on any atom is -0.481 e. The number of benzene rings is 1. The van der Waals surface area contributed by atoms with Crippen LogP contribution in [0.4, 0.5) is 5.69 Å². The SMILES string of the molecule is O=C(O)CC1CCN(CC(=O)O)CCN(CC(=O)O)C(Cc2ccc(NC(=O)C(CNC(=O)CC(P(=O)(O)O)P(=O)(O)O)CNC(=O)CC(P(=O)(O)O)P(=O)(O)O)cc2)CN(CC(=O)O)CC1. The van der Waals surface area contributed by atoms with Gasteiger partial charge in [-0.25, -0.2) is 0 Å². The molecule has 1 heterocycles. The van der Waals surface area contributed by atoms with Gasteiger partial charge in [0.05, 0.1) is 38.4 Å². The number of carboxylic acids is 4. The summed E-state index contributed by atoms with van der Waals surface area (Å²) in [7, 11) is -22.3. The number of rotatable bonds is 24. The molecule has 29 nitrogen and oxygen atoms in total. The van der Waals surface area contributed by atoms with Gasteiger partial charge in [-0.1, -0.05) is 12.1 Å². The number of nitrogens with zero attached hydrogens (tertiary/aromatic N) is 3. The first-order valence-corrected chi connectivity index (χ1v) is 26.7. The number of carbonyl (C=O) groups excluding carboxylic acids is 3. The molecule has 1 aromatic carbocycles. The summed E-state index contributed by atoms with van der Waals surface area (Å²) in [5.41, 5.74) is 0.530. The number of amides is 3. The summed E-state index contributed by atoms with van der Waals surface area (Å²) in [5.74, 6) is -10.6. The van der Waals surface area contributed by atoms with Gasteiger partial charge in [-0.3, -0.25) is 66.5 Å². The zero-order valence-electron chi connectivity index (χ0n) is 35.5. The number of carbonyl (C=O) groups is 7. The molecule has 0 bridgehead atoms. The molecule has 1 aliphatic heterocycles. The molecular weight excluding hydrogens is 984 g/mol. The monoisotopic (exact) mass is 1040 g/mol. The van der Waals surface area contributed by atoms with Gasteiger partial charge in [-0.05, 0) is 56.0 Å². The second kappa shape index (κ2) is 26.1. The van der Waals surface area contributed by atoms with Crippen LogP contribution in [0.3, 0.4) is 0 Å². The number of carboxylic acid groups (broad SMARTS) is 4. The number of anilines is 1. The van der Waals surface area contributed by atoms with Gasteiger partial charge in [0.2, 0.25) is 17.7 Å². The molecule has 0 spiro atoms. The Hall–Kier alpha value is -4.01. The molecule has 3 amide bonds. The average molecular weight is 1040 g/mol. The minimum atomic E-state index is -5.57. The highest BCUT2D eigenvalue weighted by Gasteiger charge is 2.46. The molecule has 2 unspecified atom stereocenters. The highest BCUT2D eigenvalue weighted by molar-refractivity contribution is 7.71. The van der Waals surface area contributed by atoms with E-state index >= 15 is 0 Å². The van der Waals surface area contributed by atoms with Crippen LogP contribution in [-0.4, -0.2) is 198 Å². The van der Waals surface area contributed by atoms with Crippen molar-refractivity contribution in [2.24, 2.45) is 11.8 Å². The van der Waals surface area contributed by atoms with E-state index in [1.165, 1.54) is 34.1 Å².